The summed E-state index contributed by atoms with van der Waals surface area (Å²) in [6, 6.07) is 1.27. The number of ether oxygens (including phenoxy) is 1. The molecule has 82 valence electrons. The summed E-state index contributed by atoms with van der Waals surface area (Å²) in [6.45, 7) is 0. The number of methoxy groups -OCH3 is 1. The Morgan fingerprint density at radius 3 is 2.47 bits per heavy atom. The van der Waals surface area contributed by atoms with Crippen LogP contribution in [-0.4, -0.2) is 23.3 Å². The number of rotatable bonds is 3. The molecule has 0 aromatic heterocycles. The van der Waals surface area contributed by atoms with Crippen LogP contribution in [0, 0.1) is 11.6 Å². The van der Waals surface area contributed by atoms with Gasteiger partial charge in [0.1, 0.15) is 5.82 Å². The highest BCUT2D eigenvalue weighted by Gasteiger charge is 2.22. The average Bonchev–Trinajstić information content (AvgIpc) is 2.19. The van der Waals surface area contributed by atoms with Crippen LogP contribution in [0.5, 0.6) is 5.75 Å². The van der Waals surface area contributed by atoms with Gasteiger partial charge in [0.05, 0.1) is 7.11 Å². The summed E-state index contributed by atoms with van der Waals surface area (Å²) in [7, 11) is 1.14. The van der Waals surface area contributed by atoms with Crippen molar-refractivity contribution in [2.24, 2.45) is 0 Å². The first kappa shape index (κ1) is 11.4. The summed E-state index contributed by atoms with van der Waals surface area (Å²) >= 11 is 0. The molecule has 0 spiro atoms. The summed E-state index contributed by atoms with van der Waals surface area (Å²) < 4.78 is 30.7. The third-order valence-corrected chi connectivity index (χ3v) is 1.80. The van der Waals surface area contributed by atoms with Crippen LogP contribution in [0.4, 0.5) is 8.78 Å². The predicted octanol–water partition coefficient (Wildman–Crippen LogP) is 1.09. The minimum Gasteiger partial charge on any atom is -0.494 e. The molecule has 6 heteroatoms. The summed E-state index contributed by atoms with van der Waals surface area (Å²) in [5.41, 5.74) is -0.638. The topological polar surface area (TPSA) is 66.8 Å². The maximum atomic E-state index is 13.2. The fourth-order valence-corrected chi connectivity index (χ4v) is 1.04. The van der Waals surface area contributed by atoms with Crippen LogP contribution in [0.1, 0.15) is 11.7 Å². The number of halogens is 2. The number of aliphatic hydroxyl groups excluding tert-OH is 1. The van der Waals surface area contributed by atoms with E-state index in [4.69, 9.17) is 10.2 Å². The SMILES string of the molecule is COc1cc(F)c(C(O)C(=O)O)cc1F. The van der Waals surface area contributed by atoms with Gasteiger partial charge in [0, 0.05) is 11.6 Å². The second-order valence-corrected chi connectivity index (χ2v) is 2.75. The normalized spacial score (nSPS) is 12.3. The molecular formula is C9H8F2O4. The fraction of sp³-hybridized carbons (Fsp3) is 0.222. The maximum absolute atomic E-state index is 13.2. The molecule has 1 aromatic carbocycles. The van der Waals surface area contributed by atoms with Gasteiger partial charge in [0.15, 0.2) is 17.7 Å². The zero-order chi connectivity index (χ0) is 11.6. The van der Waals surface area contributed by atoms with E-state index < -0.39 is 29.3 Å². The van der Waals surface area contributed by atoms with Crippen LogP contribution < -0.4 is 4.74 Å². The van der Waals surface area contributed by atoms with Gasteiger partial charge in [-0.3, -0.25) is 0 Å². The van der Waals surface area contributed by atoms with Crippen molar-refractivity contribution >= 4 is 5.97 Å². The van der Waals surface area contributed by atoms with Crippen molar-refractivity contribution in [1.29, 1.82) is 0 Å². The Balaban J connectivity index is 3.21. The van der Waals surface area contributed by atoms with Gasteiger partial charge in [0.25, 0.3) is 0 Å². The molecule has 0 bridgehead atoms. The summed E-state index contributed by atoms with van der Waals surface area (Å²) in [5.74, 6) is -3.98. The molecule has 0 aliphatic carbocycles. The van der Waals surface area contributed by atoms with Crippen molar-refractivity contribution in [2.45, 2.75) is 6.10 Å². The van der Waals surface area contributed by atoms with Crippen LogP contribution in [-0.2, 0) is 4.79 Å². The number of carboxylic acids is 1. The van der Waals surface area contributed by atoms with Gasteiger partial charge in [-0.25, -0.2) is 13.6 Å². The highest BCUT2D eigenvalue weighted by atomic mass is 19.1. The van der Waals surface area contributed by atoms with Crippen LogP contribution in [0.3, 0.4) is 0 Å². The molecule has 0 saturated heterocycles. The van der Waals surface area contributed by atoms with E-state index in [1.807, 2.05) is 0 Å². The van der Waals surface area contributed by atoms with Gasteiger partial charge in [-0.15, -0.1) is 0 Å². The summed E-state index contributed by atoms with van der Waals surface area (Å²) in [5, 5.41) is 17.4. The molecule has 0 radical (unpaired) electrons. The monoisotopic (exact) mass is 218 g/mol. The number of aliphatic carboxylic acids is 1. The van der Waals surface area contributed by atoms with Crippen LogP contribution in [0.15, 0.2) is 12.1 Å². The number of carboxylic acid groups (broad SMARTS) is 1. The van der Waals surface area contributed by atoms with Gasteiger partial charge in [-0.05, 0) is 6.07 Å². The van der Waals surface area contributed by atoms with Crippen molar-refractivity contribution in [3.63, 3.8) is 0 Å². The second-order valence-electron chi connectivity index (χ2n) is 2.75. The van der Waals surface area contributed by atoms with Crippen LogP contribution >= 0.6 is 0 Å². The zero-order valence-electron chi connectivity index (χ0n) is 7.70. The standard InChI is InChI=1S/C9H8F2O4/c1-15-7-3-5(10)4(2-6(7)11)8(12)9(13)14/h2-3,8,12H,1H3,(H,13,14). The lowest BCUT2D eigenvalue weighted by Gasteiger charge is -2.09. The third kappa shape index (κ3) is 2.21. The lowest BCUT2D eigenvalue weighted by molar-refractivity contribution is -0.147. The van der Waals surface area contributed by atoms with Gasteiger partial charge in [-0.2, -0.15) is 0 Å². The Kier molecular flexibility index (Phi) is 3.21. The molecule has 1 unspecified atom stereocenters. The first-order chi connectivity index (χ1) is 6.97. The Hall–Kier alpha value is -1.69. The smallest absolute Gasteiger partial charge is 0.337 e. The second kappa shape index (κ2) is 4.22. The fourth-order valence-electron chi connectivity index (χ4n) is 1.04. The Bertz CT molecular complexity index is 392. The molecule has 15 heavy (non-hydrogen) atoms. The number of hydrogen-bond donors (Lipinski definition) is 2. The summed E-state index contributed by atoms with van der Waals surface area (Å²) in [6.07, 6.45) is -2.09. The maximum Gasteiger partial charge on any atom is 0.337 e. The van der Waals surface area contributed by atoms with Crippen molar-refractivity contribution in [2.75, 3.05) is 7.11 Å². The van der Waals surface area contributed by atoms with E-state index in [1.165, 1.54) is 0 Å². The highest BCUT2D eigenvalue weighted by molar-refractivity contribution is 5.74. The van der Waals surface area contributed by atoms with Gasteiger partial charge in [-0.1, -0.05) is 0 Å². The molecular weight excluding hydrogens is 210 g/mol. The van der Waals surface area contributed by atoms with E-state index >= 15 is 0 Å². The van der Waals surface area contributed by atoms with Crippen molar-refractivity contribution in [3.8, 4) is 5.75 Å². The number of benzene rings is 1. The lowest BCUT2D eigenvalue weighted by atomic mass is 10.1. The zero-order valence-corrected chi connectivity index (χ0v) is 7.70. The molecule has 1 aromatic rings. The van der Waals surface area contributed by atoms with E-state index in [1.54, 1.807) is 0 Å². The Morgan fingerprint density at radius 2 is 2.00 bits per heavy atom. The van der Waals surface area contributed by atoms with Crippen LogP contribution in [0.2, 0.25) is 0 Å². The quantitative estimate of drug-likeness (QED) is 0.796. The summed E-state index contributed by atoms with van der Waals surface area (Å²) in [4.78, 5) is 10.3. The van der Waals surface area contributed by atoms with Crippen LogP contribution in [0.25, 0.3) is 0 Å². The molecule has 1 atom stereocenters. The number of hydrogen-bond acceptors (Lipinski definition) is 3. The molecule has 0 amide bonds. The molecule has 0 fully saturated rings. The minimum atomic E-state index is -2.09. The predicted molar refractivity (Wildman–Crippen MR) is 45.5 cm³/mol. The highest BCUT2D eigenvalue weighted by Crippen LogP contribution is 2.25. The molecule has 1 rings (SSSR count). The van der Waals surface area contributed by atoms with Gasteiger partial charge in [0.2, 0.25) is 0 Å². The van der Waals surface area contributed by atoms with Crippen molar-refractivity contribution in [1.82, 2.24) is 0 Å². The molecule has 0 aliphatic rings. The van der Waals surface area contributed by atoms with Gasteiger partial charge < -0.3 is 14.9 Å². The number of carbonyl (C=O) groups is 1. The number of aliphatic hydroxyl groups is 1. The van der Waals surface area contributed by atoms with E-state index in [9.17, 15) is 13.6 Å². The Labute approximate surface area is 83.7 Å². The van der Waals surface area contributed by atoms with Crippen molar-refractivity contribution < 1.29 is 28.5 Å². The molecule has 0 saturated carbocycles. The van der Waals surface area contributed by atoms with E-state index in [0.717, 1.165) is 7.11 Å². The minimum absolute atomic E-state index is 0.353. The van der Waals surface area contributed by atoms with E-state index in [0.29, 0.717) is 12.1 Å². The first-order valence-electron chi connectivity index (χ1n) is 3.91. The van der Waals surface area contributed by atoms with Gasteiger partial charge >= 0.3 is 5.97 Å². The molecule has 0 heterocycles. The third-order valence-electron chi connectivity index (χ3n) is 1.80. The average molecular weight is 218 g/mol. The van der Waals surface area contributed by atoms with Crippen molar-refractivity contribution in [3.05, 3.63) is 29.3 Å². The first-order valence-corrected chi connectivity index (χ1v) is 3.91. The largest absolute Gasteiger partial charge is 0.494 e. The van der Waals surface area contributed by atoms with E-state index in [2.05, 4.69) is 4.74 Å². The lowest BCUT2D eigenvalue weighted by Crippen LogP contribution is -2.12. The molecule has 0 aliphatic heterocycles. The Morgan fingerprint density at radius 1 is 1.40 bits per heavy atom. The molecule has 2 N–H and O–H groups in total. The molecule has 4 nitrogen and oxygen atoms in total. The van der Waals surface area contributed by atoms with E-state index in [-0.39, 0.29) is 5.75 Å².